The van der Waals surface area contributed by atoms with Gasteiger partial charge in [-0.15, -0.1) is 0 Å². The molecule has 0 saturated heterocycles. The summed E-state index contributed by atoms with van der Waals surface area (Å²) in [6.45, 7) is 3.63. The van der Waals surface area contributed by atoms with Crippen molar-refractivity contribution in [1.29, 1.82) is 0 Å². The fourth-order valence-corrected chi connectivity index (χ4v) is 2.29. The van der Waals surface area contributed by atoms with Crippen LogP contribution in [0, 0.1) is 13.8 Å². The van der Waals surface area contributed by atoms with E-state index in [2.05, 4.69) is 20.6 Å². The van der Waals surface area contributed by atoms with Crippen molar-refractivity contribution in [3.05, 3.63) is 72.2 Å². The molecular weight excluding hydrogens is 316 g/mol. The van der Waals surface area contributed by atoms with Crippen LogP contribution >= 0.6 is 0 Å². The van der Waals surface area contributed by atoms with Crippen LogP contribution in [0.5, 0.6) is 11.5 Å². The molecule has 2 N–H and O–H groups in total. The van der Waals surface area contributed by atoms with Crippen LogP contribution in [-0.2, 0) is 0 Å². The summed E-state index contributed by atoms with van der Waals surface area (Å²) in [5.74, 6) is 2.53. The van der Waals surface area contributed by atoms with Gasteiger partial charge in [0, 0.05) is 17.4 Å². The average Bonchev–Trinajstić information content (AvgIpc) is 2.56. The highest BCUT2D eigenvalue weighted by molar-refractivity contribution is 5.99. The first-order valence-electron chi connectivity index (χ1n) is 7.82. The number of rotatable bonds is 4. The number of anilines is 2. The fourth-order valence-electron chi connectivity index (χ4n) is 2.29. The zero-order chi connectivity index (χ0) is 17.6. The molecule has 0 atom stereocenters. The summed E-state index contributed by atoms with van der Waals surface area (Å²) < 4.78 is 5.72. The number of nitrogens with one attached hydrogen (secondary N) is 2. The zero-order valence-corrected chi connectivity index (χ0v) is 14.0. The Bertz CT molecular complexity index is 844. The first-order chi connectivity index (χ1) is 12.1. The lowest BCUT2D eigenvalue weighted by Gasteiger charge is -2.09. The van der Waals surface area contributed by atoms with E-state index in [0.717, 1.165) is 11.4 Å². The maximum Gasteiger partial charge on any atom is 0.324 e. The van der Waals surface area contributed by atoms with Crippen molar-refractivity contribution in [2.45, 2.75) is 13.8 Å². The van der Waals surface area contributed by atoms with Crippen LogP contribution in [-0.4, -0.2) is 16.0 Å². The van der Waals surface area contributed by atoms with Crippen LogP contribution in [0.4, 0.5) is 16.3 Å². The lowest BCUT2D eigenvalue weighted by Crippen LogP contribution is -2.20. The summed E-state index contributed by atoms with van der Waals surface area (Å²) in [6.07, 6.45) is 0. The van der Waals surface area contributed by atoms with Crippen LogP contribution in [0.25, 0.3) is 0 Å². The molecule has 0 aliphatic rings. The predicted octanol–water partition coefficient (Wildman–Crippen LogP) is 4.53. The number of carbonyl (C=O) groups excluding carboxylic acids is 1. The van der Waals surface area contributed by atoms with Crippen LogP contribution in [0.1, 0.15) is 11.5 Å². The fraction of sp³-hybridized carbons (Fsp3) is 0.105. The number of nitrogens with zero attached hydrogens (tertiary/aromatic N) is 2. The number of hydrogen-bond acceptors (Lipinski definition) is 4. The van der Waals surface area contributed by atoms with Crippen LogP contribution in [0.3, 0.4) is 0 Å². The molecule has 1 aromatic heterocycles. The second-order valence-electron chi connectivity index (χ2n) is 5.46. The molecule has 6 nitrogen and oxygen atoms in total. The Morgan fingerprint density at radius 3 is 2.24 bits per heavy atom. The number of aromatic nitrogens is 2. The third-order valence-electron chi connectivity index (χ3n) is 3.30. The van der Waals surface area contributed by atoms with E-state index < -0.39 is 0 Å². The maximum absolute atomic E-state index is 12.1. The van der Waals surface area contributed by atoms with Crippen molar-refractivity contribution in [1.82, 2.24) is 9.97 Å². The minimum absolute atomic E-state index is 0.366. The van der Waals surface area contributed by atoms with Crippen LogP contribution < -0.4 is 15.4 Å². The van der Waals surface area contributed by atoms with E-state index in [0.29, 0.717) is 23.1 Å². The van der Waals surface area contributed by atoms with Crippen molar-refractivity contribution >= 4 is 17.5 Å². The Labute approximate surface area is 145 Å². The third kappa shape index (κ3) is 4.78. The molecule has 1 heterocycles. The summed E-state index contributed by atoms with van der Waals surface area (Å²) in [5.41, 5.74) is 1.45. The van der Waals surface area contributed by atoms with E-state index in [-0.39, 0.29) is 6.03 Å². The van der Waals surface area contributed by atoms with Crippen molar-refractivity contribution in [2.24, 2.45) is 0 Å². The van der Waals surface area contributed by atoms with Crippen molar-refractivity contribution in [2.75, 3.05) is 10.6 Å². The Balaban J connectivity index is 1.60. The minimum Gasteiger partial charge on any atom is -0.457 e. The normalized spacial score (nSPS) is 10.2. The van der Waals surface area contributed by atoms with Gasteiger partial charge in [0.15, 0.2) is 0 Å². The van der Waals surface area contributed by atoms with Crippen molar-refractivity contribution in [3.63, 3.8) is 0 Å². The molecule has 0 aliphatic heterocycles. The minimum atomic E-state index is -0.366. The summed E-state index contributed by atoms with van der Waals surface area (Å²) in [4.78, 5) is 20.4. The molecule has 25 heavy (non-hydrogen) atoms. The molecule has 6 heteroatoms. The lowest BCUT2D eigenvalue weighted by atomic mass is 10.3. The van der Waals surface area contributed by atoms with Gasteiger partial charge < -0.3 is 10.1 Å². The van der Waals surface area contributed by atoms with Crippen molar-refractivity contribution < 1.29 is 9.53 Å². The largest absolute Gasteiger partial charge is 0.457 e. The second-order valence-corrected chi connectivity index (χ2v) is 5.46. The van der Waals surface area contributed by atoms with Gasteiger partial charge >= 0.3 is 6.03 Å². The number of urea groups is 1. The van der Waals surface area contributed by atoms with E-state index in [4.69, 9.17) is 4.74 Å². The van der Waals surface area contributed by atoms with Gasteiger partial charge in [-0.2, -0.15) is 0 Å². The topological polar surface area (TPSA) is 76.1 Å². The van der Waals surface area contributed by atoms with Gasteiger partial charge in [-0.05, 0) is 50.2 Å². The molecule has 0 saturated carbocycles. The van der Waals surface area contributed by atoms with Gasteiger partial charge in [0.25, 0.3) is 0 Å². The van der Waals surface area contributed by atoms with E-state index in [1.807, 2.05) is 37.3 Å². The molecule has 0 bridgehead atoms. The Morgan fingerprint density at radius 2 is 1.56 bits per heavy atom. The number of benzene rings is 2. The molecule has 0 aliphatic carbocycles. The van der Waals surface area contributed by atoms with Gasteiger partial charge in [-0.3, -0.25) is 5.32 Å². The smallest absolute Gasteiger partial charge is 0.324 e. The number of amides is 2. The maximum atomic E-state index is 12.1. The van der Waals surface area contributed by atoms with Gasteiger partial charge in [-0.25, -0.2) is 14.8 Å². The number of hydrogen-bond donors (Lipinski definition) is 2. The average molecular weight is 334 g/mol. The Hall–Kier alpha value is -3.41. The molecular formula is C19H18N4O2. The van der Waals surface area contributed by atoms with Gasteiger partial charge in [0.2, 0.25) is 0 Å². The van der Waals surface area contributed by atoms with Crippen LogP contribution in [0.15, 0.2) is 60.7 Å². The third-order valence-corrected chi connectivity index (χ3v) is 3.30. The number of aryl methyl sites for hydroxylation is 2. The summed E-state index contributed by atoms with van der Waals surface area (Å²) in [7, 11) is 0. The van der Waals surface area contributed by atoms with Gasteiger partial charge in [0.05, 0.1) is 0 Å². The molecule has 126 valence electrons. The van der Waals surface area contributed by atoms with E-state index in [9.17, 15) is 4.79 Å². The Morgan fingerprint density at radius 1 is 0.880 bits per heavy atom. The summed E-state index contributed by atoms with van der Waals surface area (Å²) in [5, 5.41) is 5.45. The Kier molecular flexibility index (Phi) is 4.89. The molecule has 3 aromatic rings. The molecule has 2 amide bonds. The molecule has 0 unspecified atom stereocenters. The number of ether oxygens (including phenoxy) is 1. The SMILES string of the molecule is Cc1cc(NC(=O)Nc2ccc(Oc3ccccc3)cc2)nc(C)n1. The first kappa shape index (κ1) is 16.4. The van der Waals surface area contributed by atoms with Crippen molar-refractivity contribution in [3.8, 4) is 11.5 Å². The quantitative estimate of drug-likeness (QED) is 0.735. The summed E-state index contributed by atoms with van der Waals surface area (Å²) >= 11 is 0. The van der Waals surface area contributed by atoms with E-state index in [1.54, 1.807) is 37.3 Å². The highest BCUT2D eigenvalue weighted by Crippen LogP contribution is 2.22. The highest BCUT2D eigenvalue weighted by Gasteiger charge is 2.06. The molecule has 0 spiro atoms. The van der Waals surface area contributed by atoms with Gasteiger partial charge in [0.1, 0.15) is 23.1 Å². The molecule has 0 fully saturated rings. The standard InChI is InChI=1S/C19H18N4O2/c1-13-12-18(21-14(2)20-13)23-19(24)22-15-8-10-17(11-9-15)25-16-6-4-3-5-7-16/h3-12H,1-2H3,(H2,20,21,22,23,24). The molecule has 2 aromatic carbocycles. The van der Waals surface area contributed by atoms with Crippen LogP contribution in [0.2, 0.25) is 0 Å². The van der Waals surface area contributed by atoms with E-state index in [1.165, 1.54) is 0 Å². The van der Waals surface area contributed by atoms with E-state index >= 15 is 0 Å². The van der Waals surface area contributed by atoms with Gasteiger partial charge in [-0.1, -0.05) is 18.2 Å². The first-order valence-corrected chi connectivity index (χ1v) is 7.82. The summed E-state index contributed by atoms with van der Waals surface area (Å²) in [6, 6.07) is 18.0. The number of carbonyl (C=O) groups is 1. The lowest BCUT2D eigenvalue weighted by molar-refractivity contribution is 0.262. The highest BCUT2D eigenvalue weighted by atomic mass is 16.5. The second kappa shape index (κ2) is 7.44. The zero-order valence-electron chi connectivity index (χ0n) is 14.0. The molecule has 0 radical (unpaired) electrons. The predicted molar refractivity (Wildman–Crippen MR) is 97.1 cm³/mol. The monoisotopic (exact) mass is 334 g/mol. The molecule has 3 rings (SSSR count). The number of para-hydroxylation sites is 1.